The summed E-state index contributed by atoms with van der Waals surface area (Å²) < 4.78 is 4.66. The number of rotatable bonds is 4. The van der Waals surface area contributed by atoms with E-state index in [-0.39, 0.29) is 5.15 Å². The maximum Gasteiger partial charge on any atom is 0.351 e. The molecule has 2 aromatic rings. The number of esters is 1. The Morgan fingerprint density at radius 2 is 2.11 bits per heavy atom. The minimum Gasteiger partial charge on any atom is -0.465 e. The predicted octanol–water partition coefficient (Wildman–Crippen LogP) is 3.22. The second-order valence-electron chi connectivity index (χ2n) is 3.95. The van der Waals surface area contributed by atoms with E-state index in [1.807, 2.05) is 42.3 Å². The predicted molar refractivity (Wildman–Crippen MR) is 77.0 cm³/mol. The quantitative estimate of drug-likeness (QED) is 0.813. The van der Waals surface area contributed by atoms with Crippen molar-refractivity contribution in [2.75, 3.05) is 19.1 Å². The Morgan fingerprint density at radius 1 is 1.42 bits per heavy atom. The second-order valence-corrected chi connectivity index (χ2v) is 5.29. The molecule has 1 heterocycles. The molecule has 0 unspecified atom stereocenters. The summed E-state index contributed by atoms with van der Waals surface area (Å²) in [4.78, 5) is 17.9. The first-order chi connectivity index (χ1) is 9.11. The summed E-state index contributed by atoms with van der Waals surface area (Å²) in [5.41, 5.74) is 1.16. The van der Waals surface area contributed by atoms with Crippen LogP contribution in [0.2, 0.25) is 5.15 Å². The van der Waals surface area contributed by atoms with Gasteiger partial charge >= 0.3 is 5.97 Å². The van der Waals surface area contributed by atoms with Crippen LogP contribution in [0.15, 0.2) is 30.3 Å². The highest BCUT2D eigenvalue weighted by Gasteiger charge is 2.19. The molecule has 6 heteroatoms. The van der Waals surface area contributed by atoms with Gasteiger partial charge in [0.25, 0.3) is 0 Å². The Kier molecular flexibility index (Phi) is 4.39. The topological polar surface area (TPSA) is 42.4 Å². The number of methoxy groups -OCH3 is 1. The van der Waals surface area contributed by atoms with Crippen LogP contribution in [0.5, 0.6) is 0 Å². The number of carbonyl (C=O) groups excluding carboxylic acids is 1. The number of ether oxygens (including phenoxy) is 1. The molecule has 0 atom stereocenters. The fourth-order valence-electron chi connectivity index (χ4n) is 1.60. The van der Waals surface area contributed by atoms with Crippen molar-refractivity contribution in [3.8, 4) is 0 Å². The smallest absolute Gasteiger partial charge is 0.351 e. The minimum atomic E-state index is -0.457. The molecular formula is C13H13ClN2O2S. The van der Waals surface area contributed by atoms with E-state index in [4.69, 9.17) is 11.6 Å². The molecule has 0 fully saturated rings. The Hall–Kier alpha value is -1.59. The molecule has 0 aliphatic heterocycles. The van der Waals surface area contributed by atoms with E-state index < -0.39 is 5.97 Å². The number of anilines is 1. The van der Waals surface area contributed by atoms with E-state index in [0.29, 0.717) is 16.6 Å². The van der Waals surface area contributed by atoms with Crippen molar-refractivity contribution in [3.05, 3.63) is 45.9 Å². The van der Waals surface area contributed by atoms with Gasteiger partial charge in [-0.25, -0.2) is 9.78 Å². The Morgan fingerprint density at radius 3 is 2.74 bits per heavy atom. The minimum absolute atomic E-state index is 0.187. The maximum atomic E-state index is 11.5. The maximum absolute atomic E-state index is 11.5. The van der Waals surface area contributed by atoms with E-state index in [2.05, 4.69) is 9.72 Å². The summed E-state index contributed by atoms with van der Waals surface area (Å²) in [5.74, 6) is -0.457. The van der Waals surface area contributed by atoms with Crippen molar-refractivity contribution in [1.82, 2.24) is 4.98 Å². The number of benzene rings is 1. The van der Waals surface area contributed by atoms with Crippen molar-refractivity contribution in [1.29, 1.82) is 0 Å². The average molecular weight is 297 g/mol. The molecule has 2 rings (SSSR count). The lowest BCUT2D eigenvalue weighted by Crippen LogP contribution is -2.15. The number of hydrogen-bond donors (Lipinski definition) is 0. The van der Waals surface area contributed by atoms with Gasteiger partial charge in [0.15, 0.2) is 15.2 Å². The average Bonchev–Trinajstić information content (AvgIpc) is 2.81. The van der Waals surface area contributed by atoms with E-state index in [1.54, 1.807) is 0 Å². The van der Waals surface area contributed by atoms with Crippen LogP contribution in [0.1, 0.15) is 15.2 Å². The Labute approximate surface area is 120 Å². The van der Waals surface area contributed by atoms with Crippen LogP contribution in [-0.2, 0) is 11.3 Å². The number of carbonyl (C=O) groups is 1. The van der Waals surface area contributed by atoms with Crippen LogP contribution >= 0.6 is 22.9 Å². The summed E-state index contributed by atoms with van der Waals surface area (Å²) in [5, 5.41) is 0.876. The van der Waals surface area contributed by atoms with Crippen molar-refractivity contribution in [2.45, 2.75) is 6.54 Å². The van der Waals surface area contributed by atoms with Crippen LogP contribution in [0.3, 0.4) is 0 Å². The largest absolute Gasteiger partial charge is 0.465 e. The monoisotopic (exact) mass is 296 g/mol. The molecular weight excluding hydrogens is 284 g/mol. The highest BCUT2D eigenvalue weighted by molar-refractivity contribution is 7.18. The van der Waals surface area contributed by atoms with Crippen molar-refractivity contribution >= 4 is 34.0 Å². The van der Waals surface area contributed by atoms with Gasteiger partial charge in [-0.1, -0.05) is 53.3 Å². The first-order valence-corrected chi connectivity index (χ1v) is 6.81. The molecule has 19 heavy (non-hydrogen) atoms. The normalized spacial score (nSPS) is 10.3. The second kappa shape index (κ2) is 6.04. The molecule has 4 nitrogen and oxygen atoms in total. The van der Waals surface area contributed by atoms with Gasteiger partial charge in [0.05, 0.1) is 7.11 Å². The number of thiazole rings is 1. The van der Waals surface area contributed by atoms with Gasteiger partial charge in [0.2, 0.25) is 0 Å². The first kappa shape index (κ1) is 13.8. The zero-order chi connectivity index (χ0) is 13.8. The van der Waals surface area contributed by atoms with Gasteiger partial charge in [-0.2, -0.15) is 0 Å². The van der Waals surface area contributed by atoms with Crippen molar-refractivity contribution in [3.63, 3.8) is 0 Å². The fraction of sp³-hybridized carbons (Fsp3) is 0.231. The number of aromatic nitrogens is 1. The van der Waals surface area contributed by atoms with Crippen molar-refractivity contribution < 1.29 is 9.53 Å². The third-order valence-corrected chi connectivity index (χ3v) is 4.07. The molecule has 0 spiro atoms. The summed E-state index contributed by atoms with van der Waals surface area (Å²) in [6.45, 7) is 0.700. The Bertz CT molecular complexity index is 571. The zero-order valence-corrected chi connectivity index (χ0v) is 12.2. The molecule has 0 aliphatic carbocycles. The summed E-state index contributed by atoms with van der Waals surface area (Å²) >= 11 is 7.17. The fourth-order valence-corrected chi connectivity index (χ4v) is 2.76. The molecule has 100 valence electrons. The van der Waals surface area contributed by atoms with E-state index in [0.717, 1.165) is 5.56 Å². The molecule has 0 amide bonds. The van der Waals surface area contributed by atoms with Gasteiger partial charge < -0.3 is 9.64 Å². The van der Waals surface area contributed by atoms with Crippen molar-refractivity contribution in [2.24, 2.45) is 0 Å². The number of hydrogen-bond acceptors (Lipinski definition) is 5. The van der Waals surface area contributed by atoms with Crippen LogP contribution in [-0.4, -0.2) is 25.1 Å². The molecule has 1 aromatic heterocycles. The summed E-state index contributed by atoms with van der Waals surface area (Å²) in [6.07, 6.45) is 0. The van der Waals surface area contributed by atoms with Gasteiger partial charge in [-0.05, 0) is 5.56 Å². The van der Waals surface area contributed by atoms with Crippen LogP contribution in [0.25, 0.3) is 0 Å². The van der Waals surface area contributed by atoms with Gasteiger partial charge in [-0.3, -0.25) is 0 Å². The first-order valence-electron chi connectivity index (χ1n) is 5.61. The summed E-state index contributed by atoms with van der Waals surface area (Å²) in [6, 6.07) is 10.0. The Balaban J connectivity index is 2.16. The number of nitrogens with zero attached hydrogens (tertiary/aromatic N) is 2. The highest BCUT2D eigenvalue weighted by Crippen LogP contribution is 2.30. The van der Waals surface area contributed by atoms with E-state index >= 15 is 0 Å². The van der Waals surface area contributed by atoms with Gasteiger partial charge in [0, 0.05) is 13.6 Å². The zero-order valence-electron chi connectivity index (χ0n) is 10.6. The molecule has 0 radical (unpaired) electrons. The van der Waals surface area contributed by atoms with Crippen LogP contribution in [0.4, 0.5) is 5.13 Å². The lowest BCUT2D eigenvalue weighted by atomic mass is 10.2. The molecule has 1 aromatic carbocycles. The molecule has 0 saturated heterocycles. The standard InChI is InChI=1S/C13H13ClN2O2S/c1-16(8-9-6-4-3-5-7-9)13-15-11(14)10(19-13)12(17)18-2/h3-7H,8H2,1-2H3. The third-order valence-electron chi connectivity index (χ3n) is 2.53. The van der Waals surface area contributed by atoms with Crippen LogP contribution < -0.4 is 4.90 Å². The van der Waals surface area contributed by atoms with E-state index in [1.165, 1.54) is 18.4 Å². The molecule has 0 saturated carbocycles. The highest BCUT2D eigenvalue weighted by atomic mass is 35.5. The van der Waals surface area contributed by atoms with Gasteiger partial charge in [0.1, 0.15) is 0 Å². The SMILES string of the molecule is COC(=O)c1sc(N(C)Cc2ccccc2)nc1Cl. The molecule has 0 N–H and O–H groups in total. The summed E-state index contributed by atoms with van der Waals surface area (Å²) in [7, 11) is 3.23. The molecule has 0 bridgehead atoms. The lowest BCUT2D eigenvalue weighted by Gasteiger charge is -2.15. The van der Waals surface area contributed by atoms with Gasteiger partial charge in [-0.15, -0.1) is 0 Å². The third kappa shape index (κ3) is 3.24. The number of halogens is 1. The van der Waals surface area contributed by atoms with E-state index in [9.17, 15) is 4.79 Å². The van der Waals surface area contributed by atoms with Crippen LogP contribution in [0, 0.1) is 0 Å². The lowest BCUT2D eigenvalue weighted by molar-refractivity contribution is 0.0606. The molecule has 0 aliphatic rings.